The number of ether oxygens (including phenoxy) is 2. The number of halogens is 4. The van der Waals surface area contributed by atoms with Crippen molar-refractivity contribution in [2.45, 2.75) is 84.1 Å². The van der Waals surface area contributed by atoms with Crippen LogP contribution in [0.3, 0.4) is 0 Å². The van der Waals surface area contributed by atoms with E-state index >= 15 is 0 Å². The fraction of sp³-hybridized carbons (Fsp3) is 0.520. The highest BCUT2D eigenvalue weighted by Gasteiger charge is 2.31. The van der Waals surface area contributed by atoms with Crippen LogP contribution in [0, 0.1) is 0 Å². The molecule has 0 unspecified atom stereocenters. The van der Waals surface area contributed by atoms with Gasteiger partial charge < -0.3 is 9.47 Å². The minimum atomic E-state index is -0.706. The largest absolute Gasteiger partial charge is 0.471 e. The molecule has 0 aliphatic heterocycles. The van der Waals surface area contributed by atoms with Gasteiger partial charge in [-0.3, -0.25) is 11.5 Å². The van der Waals surface area contributed by atoms with Gasteiger partial charge in [0.2, 0.25) is 0 Å². The van der Waals surface area contributed by atoms with Crippen molar-refractivity contribution in [2.24, 2.45) is 11.5 Å². The molecule has 8 heteroatoms. The molecule has 0 aliphatic rings. The molecule has 0 spiro atoms. The van der Waals surface area contributed by atoms with Gasteiger partial charge in [0.15, 0.2) is 11.4 Å². The van der Waals surface area contributed by atoms with Gasteiger partial charge in [0.05, 0.1) is 17.9 Å². The fourth-order valence-corrected chi connectivity index (χ4v) is 6.09. The highest BCUT2D eigenvalue weighted by Crippen LogP contribution is 2.45. The molecule has 0 atom stereocenters. The van der Waals surface area contributed by atoms with E-state index < -0.39 is 11.4 Å². The fourth-order valence-electron chi connectivity index (χ4n) is 3.40. The zero-order valence-electron chi connectivity index (χ0n) is 20.1. The molecule has 4 nitrogen and oxygen atoms in total. The molecule has 4 N–H and O–H groups in total. The lowest BCUT2D eigenvalue weighted by molar-refractivity contribution is 0.0651. The third-order valence-electron chi connectivity index (χ3n) is 6.44. The predicted molar refractivity (Wildman–Crippen MR) is 152 cm³/mol. The molecule has 0 heterocycles. The maximum atomic E-state index is 6.40. The van der Waals surface area contributed by atoms with Crippen molar-refractivity contribution in [3.8, 4) is 11.5 Å². The third-order valence-corrected chi connectivity index (χ3v) is 8.80. The van der Waals surface area contributed by atoms with Crippen LogP contribution in [0.4, 0.5) is 0 Å². The Balaban J connectivity index is 2.48. The van der Waals surface area contributed by atoms with Gasteiger partial charge in [-0.1, -0.05) is 41.5 Å². The summed E-state index contributed by atoms with van der Waals surface area (Å²) in [6.07, 6.45) is 2.86. The smallest absolute Gasteiger partial charge is 0.158 e. The second-order valence-corrected chi connectivity index (χ2v) is 12.3. The summed E-state index contributed by atoms with van der Waals surface area (Å²) >= 11 is 14.8. The minimum Gasteiger partial charge on any atom is -0.471 e. The van der Waals surface area contributed by atoms with Crippen molar-refractivity contribution in [3.05, 3.63) is 53.3 Å². The molecule has 0 saturated heterocycles. The maximum absolute atomic E-state index is 6.40. The van der Waals surface area contributed by atoms with Gasteiger partial charge in [-0.05, 0) is 125 Å². The Kier molecular flexibility index (Phi) is 9.96. The Labute approximate surface area is 232 Å². The van der Waals surface area contributed by atoms with Crippen molar-refractivity contribution in [1.29, 1.82) is 0 Å². The standard InChI is InChI=1S/C25H34Br4N2O2/c1-7-24(30,8-2)32-21-17(26)11-15(12-18(21)27)23(5,6)16-13-19(28)22(20(29)14-16)33-25(31,9-3)10-4/h11-14H,7-10,30-31H2,1-6H3. The van der Waals surface area contributed by atoms with Gasteiger partial charge >= 0.3 is 0 Å². The first kappa shape index (κ1) is 29.1. The van der Waals surface area contributed by atoms with Crippen LogP contribution in [0.1, 0.15) is 78.4 Å². The Morgan fingerprint density at radius 2 is 0.848 bits per heavy atom. The van der Waals surface area contributed by atoms with Crippen LogP contribution >= 0.6 is 63.7 Å². The first-order valence-electron chi connectivity index (χ1n) is 11.2. The lowest BCUT2D eigenvalue weighted by atomic mass is 9.78. The molecule has 0 radical (unpaired) electrons. The van der Waals surface area contributed by atoms with Gasteiger partial charge in [0.25, 0.3) is 0 Å². The molecule has 184 valence electrons. The first-order chi connectivity index (χ1) is 15.3. The number of hydrogen-bond donors (Lipinski definition) is 2. The molecule has 33 heavy (non-hydrogen) atoms. The number of benzene rings is 2. The SMILES string of the molecule is CCC(N)(CC)Oc1c(Br)cc(C(C)(C)c2cc(Br)c(OC(N)(CC)CC)c(Br)c2)cc1Br. The van der Waals surface area contributed by atoms with Crippen LogP contribution in [-0.4, -0.2) is 11.4 Å². The van der Waals surface area contributed by atoms with Gasteiger partial charge in [-0.15, -0.1) is 0 Å². The average molecular weight is 714 g/mol. The number of nitrogens with two attached hydrogens (primary N) is 2. The lowest BCUT2D eigenvalue weighted by Gasteiger charge is -2.32. The zero-order valence-corrected chi connectivity index (χ0v) is 26.5. The summed E-state index contributed by atoms with van der Waals surface area (Å²) in [5.41, 5.74) is 13.3. The lowest BCUT2D eigenvalue weighted by Crippen LogP contribution is -2.44. The van der Waals surface area contributed by atoms with E-state index in [1.807, 2.05) is 27.7 Å². The molecule has 0 aromatic heterocycles. The Morgan fingerprint density at radius 1 is 0.606 bits per heavy atom. The summed E-state index contributed by atoms with van der Waals surface area (Å²) in [5, 5.41) is 0. The van der Waals surface area contributed by atoms with E-state index in [0.717, 1.165) is 29.0 Å². The molecule has 0 aliphatic carbocycles. The summed E-state index contributed by atoms with van der Waals surface area (Å²) in [6, 6.07) is 8.38. The van der Waals surface area contributed by atoms with E-state index in [4.69, 9.17) is 20.9 Å². The molecule has 0 saturated carbocycles. The van der Waals surface area contributed by atoms with Crippen LogP contribution in [0.15, 0.2) is 42.2 Å². The predicted octanol–water partition coefficient (Wildman–Crippen LogP) is 8.77. The summed E-state index contributed by atoms with van der Waals surface area (Å²) in [5.74, 6) is 1.43. The normalized spacial score (nSPS) is 12.7. The van der Waals surface area contributed by atoms with Gasteiger partial charge in [-0.2, -0.15) is 0 Å². The van der Waals surface area contributed by atoms with Crippen LogP contribution < -0.4 is 20.9 Å². The van der Waals surface area contributed by atoms with Gasteiger partial charge in [-0.25, -0.2) is 0 Å². The molecule has 2 rings (SSSR count). The quantitative estimate of drug-likeness (QED) is 0.242. The third kappa shape index (κ3) is 6.56. The van der Waals surface area contributed by atoms with Crippen LogP contribution in [0.5, 0.6) is 11.5 Å². The minimum absolute atomic E-state index is 0.308. The average Bonchev–Trinajstić information content (AvgIpc) is 2.78. The Bertz CT molecular complexity index is 863. The zero-order chi connectivity index (χ0) is 25.2. The van der Waals surface area contributed by atoms with Crippen LogP contribution in [-0.2, 0) is 5.41 Å². The van der Waals surface area contributed by atoms with E-state index in [9.17, 15) is 0 Å². The van der Waals surface area contributed by atoms with Crippen molar-refractivity contribution in [2.75, 3.05) is 0 Å². The summed E-state index contributed by atoms with van der Waals surface area (Å²) in [6.45, 7) is 12.5. The van der Waals surface area contributed by atoms with Crippen molar-refractivity contribution < 1.29 is 9.47 Å². The summed E-state index contributed by atoms with van der Waals surface area (Å²) < 4.78 is 15.8. The number of rotatable bonds is 10. The highest BCUT2D eigenvalue weighted by atomic mass is 79.9. The molecular formula is C25H34Br4N2O2. The maximum Gasteiger partial charge on any atom is 0.158 e. The molecule has 2 aromatic rings. The molecule has 0 amide bonds. The summed E-state index contributed by atoms with van der Waals surface area (Å²) in [7, 11) is 0. The second kappa shape index (κ2) is 11.3. The van der Waals surface area contributed by atoms with Crippen LogP contribution in [0.25, 0.3) is 0 Å². The monoisotopic (exact) mass is 710 g/mol. The topological polar surface area (TPSA) is 70.5 Å². The molecule has 0 fully saturated rings. The summed E-state index contributed by atoms with van der Waals surface area (Å²) in [4.78, 5) is 0. The molecule has 2 aromatic carbocycles. The van der Waals surface area contributed by atoms with E-state index in [2.05, 4.69) is 102 Å². The highest BCUT2D eigenvalue weighted by molar-refractivity contribution is 9.11. The van der Waals surface area contributed by atoms with E-state index in [1.165, 1.54) is 0 Å². The molecular weight excluding hydrogens is 680 g/mol. The number of hydrogen-bond acceptors (Lipinski definition) is 4. The Hall–Kier alpha value is -0.120. The van der Waals surface area contributed by atoms with Crippen molar-refractivity contribution in [1.82, 2.24) is 0 Å². The van der Waals surface area contributed by atoms with E-state index in [-0.39, 0.29) is 5.41 Å². The Morgan fingerprint density at radius 3 is 1.06 bits per heavy atom. The van der Waals surface area contributed by atoms with Gasteiger partial charge in [0, 0.05) is 5.41 Å². The first-order valence-corrected chi connectivity index (χ1v) is 14.4. The van der Waals surface area contributed by atoms with E-state index in [0.29, 0.717) is 37.2 Å². The molecule has 0 bridgehead atoms. The van der Waals surface area contributed by atoms with Gasteiger partial charge in [0.1, 0.15) is 11.5 Å². The van der Waals surface area contributed by atoms with Crippen molar-refractivity contribution >= 4 is 63.7 Å². The second-order valence-electron chi connectivity index (χ2n) is 8.91. The van der Waals surface area contributed by atoms with E-state index in [1.54, 1.807) is 0 Å². The van der Waals surface area contributed by atoms with Crippen molar-refractivity contribution in [3.63, 3.8) is 0 Å². The van der Waals surface area contributed by atoms with Crippen LogP contribution in [0.2, 0.25) is 0 Å².